The minimum atomic E-state index is -0.841. The number of benzene rings is 3. The van der Waals surface area contributed by atoms with Crippen molar-refractivity contribution < 1.29 is 33.4 Å². The summed E-state index contributed by atoms with van der Waals surface area (Å²) in [6.07, 6.45) is 3.31. The first-order valence-electron chi connectivity index (χ1n) is 20.6. The number of methoxy groups -OCH3 is 2. The summed E-state index contributed by atoms with van der Waals surface area (Å²) in [5, 5.41) is 8.39. The summed E-state index contributed by atoms with van der Waals surface area (Å²) in [6, 6.07) is 23.6. The summed E-state index contributed by atoms with van der Waals surface area (Å²) in [6.45, 7) is 10.3. The Bertz CT molecular complexity index is 2240. The Labute approximate surface area is 356 Å². The van der Waals surface area contributed by atoms with Gasteiger partial charge in [0.15, 0.2) is 0 Å². The summed E-state index contributed by atoms with van der Waals surface area (Å²) in [5.41, 5.74) is 6.50. The highest BCUT2D eigenvalue weighted by atomic mass is 16.5. The molecule has 61 heavy (non-hydrogen) atoms. The molecule has 322 valence electrons. The molecule has 0 aliphatic carbocycles. The van der Waals surface area contributed by atoms with Crippen LogP contribution in [0.2, 0.25) is 0 Å². The molecule has 4 amide bonds. The van der Waals surface area contributed by atoms with Crippen molar-refractivity contribution in [3.8, 4) is 33.6 Å². The second-order valence-electron chi connectivity index (χ2n) is 15.9. The molecule has 1 saturated heterocycles. The normalized spacial score (nSPS) is 15.8. The zero-order chi connectivity index (χ0) is 43.6. The second kappa shape index (κ2) is 20.2. The van der Waals surface area contributed by atoms with Crippen LogP contribution < -0.4 is 16.0 Å². The predicted octanol–water partition coefficient (Wildman–Crippen LogP) is 7.32. The highest BCUT2D eigenvalue weighted by Gasteiger charge is 2.37. The van der Waals surface area contributed by atoms with Crippen molar-refractivity contribution in [2.45, 2.75) is 84.3 Å². The van der Waals surface area contributed by atoms with Crippen LogP contribution in [0.25, 0.3) is 33.6 Å². The molecule has 1 fully saturated rings. The fourth-order valence-corrected chi connectivity index (χ4v) is 7.44. The molecule has 2 aromatic heterocycles. The molecule has 0 saturated carbocycles. The van der Waals surface area contributed by atoms with Crippen LogP contribution in [-0.2, 0) is 30.4 Å². The first-order chi connectivity index (χ1) is 29.4. The number of carbonyl (C=O) groups excluding carboxylic acids is 4. The van der Waals surface area contributed by atoms with Gasteiger partial charge in [0.1, 0.15) is 29.8 Å². The van der Waals surface area contributed by atoms with E-state index in [0.29, 0.717) is 24.8 Å². The van der Waals surface area contributed by atoms with Crippen molar-refractivity contribution in [3.05, 3.63) is 108 Å². The minimum absolute atomic E-state index is 0.116. The molecule has 1 aliphatic heterocycles. The van der Waals surface area contributed by atoms with Gasteiger partial charge in [-0.3, -0.25) is 9.59 Å². The fourth-order valence-electron chi connectivity index (χ4n) is 7.44. The Balaban J connectivity index is 1.14. The number of ether oxygens (including phenoxy) is 3. The van der Waals surface area contributed by atoms with Crippen LogP contribution in [0, 0.1) is 11.8 Å². The van der Waals surface area contributed by atoms with Gasteiger partial charge in [-0.2, -0.15) is 0 Å². The standard InChI is InChI=1S/C46H56N8O7/c1-27(2)38(52-45(57)59-6)43(55)51-40(29(5)61-26-30-12-9-8-10-13-30)42-48-25-36(50-42)34-21-17-32(18-22-34)31-15-19-33(20-16-31)35-24-47-41(49-35)37-14-11-23-54(37)44(56)39(28(3)4)53-46(58)60-7/h8-10,12-13,15-22,24-25,27-29,37-40H,11,14,23,26H2,1-7H3,(H,47,49)(H,48,50)(H,51,55)(H,52,57)(H,53,58)/t29?,37-,38-,39-,40-/m0/s1. The molecule has 15 nitrogen and oxygen atoms in total. The van der Waals surface area contributed by atoms with Crippen molar-refractivity contribution in [2.75, 3.05) is 20.8 Å². The topological polar surface area (TPSA) is 193 Å². The van der Waals surface area contributed by atoms with Crippen molar-refractivity contribution in [1.82, 2.24) is 40.8 Å². The lowest BCUT2D eigenvalue weighted by atomic mass is 10.0. The maximum absolute atomic E-state index is 13.6. The molecule has 0 radical (unpaired) electrons. The predicted molar refractivity (Wildman–Crippen MR) is 231 cm³/mol. The molecule has 0 spiro atoms. The number of carbonyl (C=O) groups is 4. The molecular formula is C46H56N8O7. The van der Waals surface area contributed by atoms with E-state index in [1.807, 2.05) is 101 Å². The van der Waals surface area contributed by atoms with E-state index < -0.39 is 36.4 Å². The van der Waals surface area contributed by atoms with Crippen LogP contribution in [0.5, 0.6) is 0 Å². The van der Waals surface area contributed by atoms with E-state index >= 15 is 0 Å². The average molecular weight is 833 g/mol. The van der Waals surface area contributed by atoms with Crippen molar-refractivity contribution >= 4 is 24.0 Å². The summed E-state index contributed by atoms with van der Waals surface area (Å²) in [5.74, 6) is 0.349. The van der Waals surface area contributed by atoms with Crippen LogP contribution in [0.4, 0.5) is 9.59 Å². The monoisotopic (exact) mass is 832 g/mol. The Hall–Kier alpha value is -6.48. The van der Waals surface area contributed by atoms with Gasteiger partial charge in [0.05, 0.1) is 56.8 Å². The maximum Gasteiger partial charge on any atom is 0.407 e. The van der Waals surface area contributed by atoms with Gasteiger partial charge in [0, 0.05) is 6.54 Å². The van der Waals surface area contributed by atoms with E-state index in [1.54, 1.807) is 17.3 Å². The van der Waals surface area contributed by atoms with Crippen molar-refractivity contribution in [2.24, 2.45) is 11.8 Å². The molecule has 3 heterocycles. The van der Waals surface area contributed by atoms with Gasteiger partial charge in [0.25, 0.3) is 0 Å². The first-order valence-corrected chi connectivity index (χ1v) is 20.6. The molecule has 1 unspecified atom stereocenters. The lowest BCUT2D eigenvalue weighted by Gasteiger charge is -2.30. The molecule has 5 N–H and O–H groups in total. The first kappa shape index (κ1) is 44.1. The third-order valence-corrected chi connectivity index (χ3v) is 11.0. The van der Waals surface area contributed by atoms with Gasteiger partial charge in [-0.25, -0.2) is 19.6 Å². The average Bonchev–Trinajstić information content (AvgIpc) is 4.08. The number of hydrogen-bond donors (Lipinski definition) is 5. The largest absolute Gasteiger partial charge is 0.453 e. The number of aromatic nitrogens is 4. The van der Waals surface area contributed by atoms with Crippen LogP contribution in [0.3, 0.4) is 0 Å². The van der Waals surface area contributed by atoms with E-state index in [1.165, 1.54) is 14.2 Å². The molecule has 0 bridgehead atoms. The highest BCUT2D eigenvalue weighted by Crippen LogP contribution is 2.34. The van der Waals surface area contributed by atoms with Crippen LogP contribution in [-0.4, -0.2) is 87.8 Å². The van der Waals surface area contributed by atoms with Crippen LogP contribution >= 0.6 is 0 Å². The van der Waals surface area contributed by atoms with Gasteiger partial charge >= 0.3 is 12.2 Å². The number of H-pyrrole nitrogens is 2. The Morgan fingerprint density at radius 2 is 1.25 bits per heavy atom. The summed E-state index contributed by atoms with van der Waals surface area (Å²) in [4.78, 5) is 69.2. The minimum Gasteiger partial charge on any atom is -0.453 e. The number of imidazole rings is 2. The van der Waals surface area contributed by atoms with E-state index in [0.717, 1.165) is 52.0 Å². The summed E-state index contributed by atoms with van der Waals surface area (Å²) >= 11 is 0. The van der Waals surface area contributed by atoms with Gasteiger partial charge < -0.3 is 45.0 Å². The number of nitrogens with zero attached hydrogens (tertiary/aromatic N) is 3. The summed E-state index contributed by atoms with van der Waals surface area (Å²) in [7, 11) is 2.54. The number of likely N-dealkylation sites (tertiary alicyclic amines) is 1. The van der Waals surface area contributed by atoms with Gasteiger partial charge in [-0.05, 0) is 59.4 Å². The van der Waals surface area contributed by atoms with Crippen LogP contribution in [0.1, 0.15) is 76.8 Å². The zero-order valence-corrected chi connectivity index (χ0v) is 35.7. The highest BCUT2D eigenvalue weighted by molar-refractivity contribution is 5.87. The van der Waals surface area contributed by atoms with Gasteiger partial charge in [-0.15, -0.1) is 0 Å². The Morgan fingerprint density at radius 3 is 1.82 bits per heavy atom. The molecule has 6 rings (SSSR count). The second-order valence-corrected chi connectivity index (χ2v) is 15.9. The van der Waals surface area contributed by atoms with E-state index in [4.69, 9.17) is 14.2 Å². The van der Waals surface area contributed by atoms with Gasteiger partial charge in [0.2, 0.25) is 11.8 Å². The quantitative estimate of drug-likeness (QED) is 0.0678. The number of amides is 4. The number of nitrogens with one attached hydrogen (secondary N) is 5. The Kier molecular flexibility index (Phi) is 14.6. The fraction of sp³-hybridized carbons (Fsp3) is 0.391. The lowest BCUT2D eigenvalue weighted by molar-refractivity contribution is -0.135. The van der Waals surface area contributed by atoms with Crippen LogP contribution in [0.15, 0.2) is 91.3 Å². The zero-order valence-electron chi connectivity index (χ0n) is 35.7. The lowest BCUT2D eigenvalue weighted by Crippen LogP contribution is -2.52. The van der Waals surface area contributed by atoms with E-state index in [2.05, 4.69) is 48.0 Å². The number of hydrogen-bond acceptors (Lipinski definition) is 9. The van der Waals surface area contributed by atoms with E-state index in [9.17, 15) is 19.2 Å². The smallest absolute Gasteiger partial charge is 0.407 e. The molecule has 15 heteroatoms. The third kappa shape index (κ3) is 10.8. The van der Waals surface area contributed by atoms with Crippen molar-refractivity contribution in [3.63, 3.8) is 0 Å². The molecule has 3 aromatic carbocycles. The number of aromatic amines is 2. The van der Waals surface area contributed by atoms with E-state index in [-0.39, 0.29) is 29.7 Å². The third-order valence-electron chi connectivity index (χ3n) is 11.0. The van der Waals surface area contributed by atoms with Gasteiger partial charge in [-0.1, -0.05) is 107 Å². The SMILES string of the molecule is COC(=O)N[C@H](C(=O)N[C@H](c1ncc(-c2ccc(-c3ccc(-c4cnc([C@@H]5CCCN5C(=O)[C@@H](NC(=O)OC)C(C)C)[nH]4)cc3)cc2)[nH]1)C(C)OCc1ccccc1)C(C)C. The molecule has 5 aromatic rings. The molecule has 5 atom stereocenters. The maximum atomic E-state index is 13.6. The van der Waals surface area contributed by atoms with Crippen molar-refractivity contribution in [1.29, 1.82) is 0 Å². The number of alkyl carbamates (subject to hydrolysis) is 2. The molecular weight excluding hydrogens is 777 g/mol. The molecule has 1 aliphatic rings. The number of rotatable bonds is 16. The Morgan fingerprint density at radius 1 is 0.705 bits per heavy atom. The summed E-state index contributed by atoms with van der Waals surface area (Å²) < 4.78 is 15.8.